The van der Waals surface area contributed by atoms with E-state index >= 15 is 0 Å². The van der Waals surface area contributed by atoms with E-state index in [0.717, 1.165) is 39.8 Å². The first-order valence-corrected chi connectivity index (χ1v) is 17.3. The molecule has 0 amide bonds. The lowest BCUT2D eigenvalue weighted by Crippen LogP contribution is -2.60. The number of fused-ring (bicyclic) bond motifs is 7. The van der Waals surface area contributed by atoms with Crippen molar-refractivity contribution in [2.24, 2.45) is 0 Å². The fourth-order valence-corrected chi connectivity index (χ4v) is 9.01. The quantitative estimate of drug-likeness (QED) is 0.179. The Hall–Kier alpha value is -6.16. The highest BCUT2D eigenvalue weighted by Gasteiger charge is 2.45. The molecular formula is C43H27BN4S. The van der Waals surface area contributed by atoms with Gasteiger partial charge in [0.25, 0.3) is 0 Å². The summed E-state index contributed by atoms with van der Waals surface area (Å²) < 4.78 is 0. The monoisotopic (exact) mass is 642 g/mol. The summed E-state index contributed by atoms with van der Waals surface area (Å²) in [6, 6.07) is 60.6. The molecule has 0 saturated carbocycles. The van der Waals surface area contributed by atoms with Crippen molar-refractivity contribution in [2.45, 2.75) is 9.79 Å². The number of hydrogen-bond donors (Lipinski definition) is 0. The average molecular weight is 643 g/mol. The maximum Gasteiger partial charge on any atom is 0.249 e. The van der Waals surface area contributed by atoms with Gasteiger partial charge in [-0.15, -0.1) is 0 Å². The summed E-state index contributed by atoms with van der Waals surface area (Å²) in [6.07, 6.45) is 0. The SMILES string of the molecule is N#Cc1ccc(N2c3ccccc3N(c3ccccc3)c3c2cc2c4c3N(c3ccccc3)c3ccccc3B4c3ccccc3S2)cc1. The molecule has 0 radical (unpaired) electrons. The number of para-hydroxylation sites is 5. The first kappa shape index (κ1) is 27.9. The topological polar surface area (TPSA) is 33.5 Å². The molecule has 6 heteroatoms. The van der Waals surface area contributed by atoms with Crippen molar-refractivity contribution in [2.75, 3.05) is 14.7 Å². The van der Waals surface area contributed by atoms with E-state index in [0.29, 0.717) is 5.56 Å². The molecule has 228 valence electrons. The van der Waals surface area contributed by atoms with Crippen LogP contribution in [-0.2, 0) is 0 Å². The van der Waals surface area contributed by atoms with Crippen LogP contribution < -0.4 is 31.1 Å². The Labute approximate surface area is 290 Å². The van der Waals surface area contributed by atoms with Gasteiger partial charge in [-0.1, -0.05) is 102 Å². The van der Waals surface area contributed by atoms with Crippen LogP contribution in [0.1, 0.15) is 5.56 Å². The van der Waals surface area contributed by atoms with E-state index in [9.17, 15) is 5.26 Å². The fraction of sp³-hybridized carbons (Fsp3) is 0. The second-order valence-corrected chi connectivity index (χ2v) is 13.5. The van der Waals surface area contributed by atoms with E-state index in [1.807, 2.05) is 23.9 Å². The predicted molar refractivity (Wildman–Crippen MR) is 204 cm³/mol. The summed E-state index contributed by atoms with van der Waals surface area (Å²) in [6.45, 7) is 0.0714. The van der Waals surface area contributed by atoms with Gasteiger partial charge in [0.05, 0.1) is 40.1 Å². The number of nitrogens with zero attached hydrogens (tertiary/aromatic N) is 4. The highest BCUT2D eigenvalue weighted by atomic mass is 32.2. The third-order valence-corrected chi connectivity index (χ3v) is 11.0. The lowest BCUT2D eigenvalue weighted by Gasteiger charge is -2.47. The number of benzene rings is 7. The summed E-state index contributed by atoms with van der Waals surface area (Å²) in [5.74, 6) is 0. The lowest BCUT2D eigenvalue weighted by molar-refractivity contribution is 1.14. The molecule has 3 aliphatic heterocycles. The summed E-state index contributed by atoms with van der Waals surface area (Å²) in [4.78, 5) is 9.85. The van der Waals surface area contributed by atoms with Gasteiger partial charge in [-0.25, -0.2) is 0 Å². The van der Waals surface area contributed by atoms with Crippen molar-refractivity contribution >= 4 is 86.0 Å². The van der Waals surface area contributed by atoms with E-state index < -0.39 is 0 Å². The van der Waals surface area contributed by atoms with Crippen molar-refractivity contribution in [3.63, 3.8) is 0 Å². The van der Waals surface area contributed by atoms with Crippen molar-refractivity contribution in [3.8, 4) is 6.07 Å². The lowest BCUT2D eigenvalue weighted by atomic mass is 9.34. The highest BCUT2D eigenvalue weighted by Crippen LogP contribution is 2.60. The summed E-state index contributed by atoms with van der Waals surface area (Å²) in [5.41, 5.74) is 14.6. The van der Waals surface area contributed by atoms with Gasteiger partial charge in [0.1, 0.15) is 0 Å². The number of nitriles is 1. The van der Waals surface area contributed by atoms with Crippen LogP contribution in [0.4, 0.5) is 51.2 Å². The van der Waals surface area contributed by atoms with Crippen molar-refractivity contribution in [3.05, 3.63) is 169 Å². The molecule has 0 aromatic heterocycles. The van der Waals surface area contributed by atoms with Gasteiger partial charge in [0, 0.05) is 32.5 Å². The molecule has 3 heterocycles. The van der Waals surface area contributed by atoms with Crippen LogP contribution in [0.5, 0.6) is 0 Å². The predicted octanol–water partition coefficient (Wildman–Crippen LogP) is 9.58. The molecule has 0 atom stereocenters. The van der Waals surface area contributed by atoms with Crippen LogP contribution in [0.3, 0.4) is 0 Å². The molecule has 0 N–H and O–H groups in total. The fourth-order valence-electron chi connectivity index (χ4n) is 7.83. The van der Waals surface area contributed by atoms with Crippen LogP contribution in [0.25, 0.3) is 0 Å². The minimum absolute atomic E-state index is 0.0714. The highest BCUT2D eigenvalue weighted by molar-refractivity contribution is 8.00. The van der Waals surface area contributed by atoms with Gasteiger partial charge in [0.15, 0.2) is 0 Å². The van der Waals surface area contributed by atoms with E-state index in [-0.39, 0.29) is 6.71 Å². The molecule has 0 unspecified atom stereocenters. The van der Waals surface area contributed by atoms with Gasteiger partial charge < -0.3 is 14.7 Å². The zero-order valence-electron chi connectivity index (χ0n) is 26.4. The molecule has 4 nitrogen and oxygen atoms in total. The average Bonchev–Trinajstić information content (AvgIpc) is 3.17. The summed E-state index contributed by atoms with van der Waals surface area (Å²) in [5, 5.41) is 9.67. The molecule has 0 saturated heterocycles. The van der Waals surface area contributed by atoms with E-state index in [2.05, 4.69) is 172 Å². The van der Waals surface area contributed by atoms with Gasteiger partial charge in [0.2, 0.25) is 6.71 Å². The first-order chi connectivity index (χ1) is 24.3. The molecule has 3 aliphatic rings. The maximum atomic E-state index is 9.67. The van der Waals surface area contributed by atoms with Gasteiger partial charge in [-0.3, -0.25) is 0 Å². The molecule has 0 fully saturated rings. The third kappa shape index (κ3) is 4.13. The Morgan fingerprint density at radius 2 is 0.980 bits per heavy atom. The Bertz CT molecular complexity index is 2460. The minimum atomic E-state index is 0.0714. The molecule has 7 aromatic rings. The second-order valence-electron chi connectivity index (χ2n) is 12.5. The largest absolute Gasteiger partial charge is 0.309 e. The summed E-state index contributed by atoms with van der Waals surface area (Å²) in [7, 11) is 0. The smallest absolute Gasteiger partial charge is 0.249 e. The molecule has 0 aliphatic carbocycles. The molecule has 0 spiro atoms. The van der Waals surface area contributed by atoms with Gasteiger partial charge >= 0.3 is 0 Å². The Morgan fingerprint density at radius 3 is 1.65 bits per heavy atom. The van der Waals surface area contributed by atoms with Crippen molar-refractivity contribution in [1.82, 2.24) is 0 Å². The first-order valence-electron chi connectivity index (χ1n) is 16.5. The van der Waals surface area contributed by atoms with Crippen LogP contribution >= 0.6 is 11.8 Å². The molecule has 10 rings (SSSR count). The van der Waals surface area contributed by atoms with Crippen LogP contribution in [0.2, 0.25) is 0 Å². The number of hydrogen-bond acceptors (Lipinski definition) is 5. The van der Waals surface area contributed by atoms with E-state index in [4.69, 9.17) is 0 Å². The van der Waals surface area contributed by atoms with Crippen molar-refractivity contribution in [1.29, 1.82) is 5.26 Å². The standard InChI is InChI=1S/C43H27BN4S/c45-28-29-23-25-32(26-24-29)46-36-20-10-11-21-37(36)48(31-15-5-2-6-16-31)42-38(46)27-40-41-43(42)47(30-13-3-1-4-14-30)35-19-9-7-17-33(35)44(41)34-18-8-12-22-39(34)49-40/h1-27H. The van der Waals surface area contributed by atoms with Crippen LogP contribution in [0, 0.1) is 11.3 Å². The minimum Gasteiger partial charge on any atom is -0.309 e. The Balaban J connectivity index is 1.38. The van der Waals surface area contributed by atoms with E-state index in [1.54, 1.807) is 0 Å². The van der Waals surface area contributed by atoms with Crippen LogP contribution in [0.15, 0.2) is 174 Å². The molecule has 0 bridgehead atoms. The van der Waals surface area contributed by atoms with Crippen LogP contribution in [-0.4, -0.2) is 6.71 Å². The third-order valence-electron chi connectivity index (χ3n) is 9.82. The maximum absolute atomic E-state index is 9.67. The Morgan fingerprint density at radius 1 is 0.449 bits per heavy atom. The van der Waals surface area contributed by atoms with Gasteiger partial charge in [-0.2, -0.15) is 5.26 Å². The van der Waals surface area contributed by atoms with E-state index in [1.165, 1.54) is 37.6 Å². The summed E-state index contributed by atoms with van der Waals surface area (Å²) >= 11 is 1.86. The molecular weight excluding hydrogens is 615 g/mol. The molecule has 49 heavy (non-hydrogen) atoms. The number of anilines is 9. The zero-order valence-corrected chi connectivity index (χ0v) is 27.2. The second kappa shape index (κ2) is 11.0. The Kier molecular flexibility index (Phi) is 6.24. The molecule has 7 aromatic carbocycles. The van der Waals surface area contributed by atoms with Crippen molar-refractivity contribution < 1.29 is 0 Å². The number of rotatable bonds is 3. The normalized spacial score (nSPS) is 13.4. The zero-order chi connectivity index (χ0) is 32.5. The van der Waals surface area contributed by atoms with Gasteiger partial charge in [-0.05, 0) is 89.8 Å².